The molecule has 0 atom stereocenters. The number of carbonyl (C=O) groups excluding carboxylic acids is 2. The first-order valence-corrected chi connectivity index (χ1v) is 10.4. The molecule has 1 aromatic heterocycles. The number of fused-ring (bicyclic) bond motifs is 1. The van der Waals surface area contributed by atoms with E-state index in [2.05, 4.69) is 15.2 Å². The van der Waals surface area contributed by atoms with Crippen molar-refractivity contribution >= 4 is 40.0 Å². The maximum absolute atomic E-state index is 12.5. The molecule has 0 radical (unpaired) electrons. The normalized spacial score (nSPS) is 14.0. The summed E-state index contributed by atoms with van der Waals surface area (Å²) in [7, 11) is 0. The smallest absolute Gasteiger partial charge is 0.251 e. The Morgan fingerprint density at radius 2 is 1.73 bits per heavy atom. The third-order valence-corrected chi connectivity index (χ3v) is 5.53. The van der Waals surface area contributed by atoms with E-state index in [1.54, 1.807) is 6.20 Å². The van der Waals surface area contributed by atoms with Crippen LogP contribution in [0.2, 0.25) is 5.02 Å². The van der Waals surface area contributed by atoms with Crippen LogP contribution in [0.1, 0.15) is 16.8 Å². The van der Waals surface area contributed by atoms with Gasteiger partial charge in [0.1, 0.15) is 5.82 Å². The second-order valence-electron chi connectivity index (χ2n) is 7.27. The second-order valence-corrected chi connectivity index (χ2v) is 7.71. The molecule has 30 heavy (non-hydrogen) atoms. The van der Waals surface area contributed by atoms with Gasteiger partial charge in [-0.25, -0.2) is 4.98 Å². The molecule has 2 amide bonds. The molecule has 1 N–H and O–H groups in total. The van der Waals surface area contributed by atoms with Crippen LogP contribution in [-0.2, 0) is 4.79 Å². The first-order valence-electron chi connectivity index (χ1n) is 10.0. The van der Waals surface area contributed by atoms with Gasteiger partial charge in [-0.2, -0.15) is 0 Å². The molecule has 6 nitrogen and oxygen atoms in total. The highest BCUT2D eigenvalue weighted by molar-refractivity contribution is 6.30. The van der Waals surface area contributed by atoms with Crippen LogP contribution in [0.5, 0.6) is 0 Å². The van der Waals surface area contributed by atoms with E-state index >= 15 is 0 Å². The van der Waals surface area contributed by atoms with Crippen LogP contribution in [0.25, 0.3) is 10.8 Å². The van der Waals surface area contributed by atoms with Crippen LogP contribution in [-0.4, -0.2) is 54.4 Å². The number of halogens is 1. The van der Waals surface area contributed by atoms with Gasteiger partial charge in [0.15, 0.2) is 0 Å². The van der Waals surface area contributed by atoms with Crippen molar-refractivity contribution in [3.05, 3.63) is 71.4 Å². The lowest BCUT2D eigenvalue weighted by Crippen LogP contribution is -2.49. The molecule has 4 rings (SSSR count). The van der Waals surface area contributed by atoms with Crippen molar-refractivity contribution in [3.8, 4) is 0 Å². The van der Waals surface area contributed by atoms with Gasteiger partial charge in [0.25, 0.3) is 5.91 Å². The Morgan fingerprint density at radius 3 is 2.47 bits per heavy atom. The number of piperazine rings is 1. The Bertz CT molecular complexity index is 1050. The van der Waals surface area contributed by atoms with Crippen LogP contribution in [0, 0.1) is 0 Å². The molecular weight excluding hydrogens is 400 g/mol. The lowest BCUT2D eigenvalue weighted by Gasteiger charge is -2.35. The highest BCUT2D eigenvalue weighted by atomic mass is 35.5. The van der Waals surface area contributed by atoms with Crippen LogP contribution >= 0.6 is 11.6 Å². The number of rotatable bonds is 5. The second kappa shape index (κ2) is 9.13. The fourth-order valence-corrected chi connectivity index (χ4v) is 3.73. The zero-order valence-corrected chi connectivity index (χ0v) is 17.3. The lowest BCUT2D eigenvalue weighted by atomic mass is 10.1. The SMILES string of the molecule is O=C(NCCC(=O)N1CCN(c2ccc(Cl)cn2)CC1)c1ccc2ccccc2c1. The maximum Gasteiger partial charge on any atom is 0.251 e. The van der Waals surface area contributed by atoms with E-state index < -0.39 is 0 Å². The molecular formula is C23H23ClN4O2. The van der Waals surface area contributed by atoms with E-state index in [1.807, 2.05) is 59.5 Å². The topological polar surface area (TPSA) is 65.5 Å². The van der Waals surface area contributed by atoms with Gasteiger partial charge in [-0.1, -0.05) is 41.9 Å². The molecule has 3 aromatic rings. The van der Waals surface area contributed by atoms with E-state index in [-0.39, 0.29) is 11.8 Å². The molecule has 1 saturated heterocycles. The summed E-state index contributed by atoms with van der Waals surface area (Å²) in [6.45, 7) is 3.06. The molecule has 0 saturated carbocycles. The minimum absolute atomic E-state index is 0.0533. The highest BCUT2D eigenvalue weighted by Crippen LogP contribution is 2.17. The summed E-state index contributed by atoms with van der Waals surface area (Å²) in [6.07, 6.45) is 1.92. The van der Waals surface area contributed by atoms with Crippen molar-refractivity contribution in [2.45, 2.75) is 6.42 Å². The van der Waals surface area contributed by atoms with E-state index in [0.29, 0.717) is 36.6 Å². The first kappa shape index (κ1) is 20.2. The summed E-state index contributed by atoms with van der Waals surface area (Å²) in [5.74, 6) is 0.763. The van der Waals surface area contributed by atoms with Crippen LogP contribution in [0.3, 0.4) is 0 Å². The number of hydrogen-bond donors (Lipinski definition) is 1. The Labute approximate surface area is 180 Å². The standard InChI is InChI=1S/C23H23ClN4O2/c24-20-7-8-21(26-16-20)27-11-13-28(14-12-27)22(29)9-10-25-23(30)19-6-5-17-3-1-2-4-18(17)15-19/h1-8,15-16H,9-14H2,(H,25,30). The number of pyridine rings is 1. The number of benzene rings is 2. The predicted molar refractivity (Wildman–Crippen MR) is 119 cm³/mol. The lowest BCUT2D eigenvalue weighted by molar-refractivity contribution is -0.131. The quantitative estimate of drug-likeness (QED) is 0.684. The van der Waals surface area contributed by atoms with Gasteiger partial charge in [0, 0.05) is 50.9 Å². The van der Waals surface area contributed by atoms with E-state index in [4.69, 9.17) is 11.6 Å². The first-order chi connectivity index (χ1) is 14.6. The number of nitrogens with zero attached hydrogens (tertiary/aromatic N) is 3. The molecule has 7 heteroatoms. The summed E-state index contributed by atoms with van der Waals surface area (Å²) in [6, 6.07) is 17.2. The van der Waals surface area contributed by atoms with Crippen molar-refractivity contribution in [3.63, 3.8) is 0 Å². The maximum atomic E-state index is 12.5. The van der Waals surface area contributed by atoms with Crippen LogP contribution < -0.4 is 10.2 Å². The van der Waals surface area contributed by atoms with Gasteiger partial charge in [0.05, 0.1) is 5.02 Å². The minimum atomic E-state index is -0.160. The molecule has 1 aliphatic rings. The van der Waals surface area contributed by atoms with Crippen molar-refractivity contribution in [1.82, 2.24) is 15.2 Å². The number of amides is 2. The van der Waals surface area contributed by atoms with Crippen LogP contribution in [0.15, 0.2) is 60.8 Å². The summed E-state index contributed by atoms with van der Waals surface area (Å²) in [4.78, 5) is 33.2. The Kier molecular flexibility index (Phi) is 6.14. The Hall–Kier alpha value is -3.12. The molecule has 2 heterocycles. The molecule has 2 aromatic carbocycles. The largest absolute Gasteiger partial charge is 0.353 e. The van der Waals surface area contributed by atoms with Gasteiger partial charge >= 0.3 is 0 Å². The summed E-state index contributed by atoms with van der Waals surface area (Å²) in [5.41, 5.74) is 0.602. The molecule has 0 spiro atoms. The van der Waals surface area contributed by atoms with Crippen LogP contribution in [0.4, 0.5) is 5.82 Å². The van der Waals surface area contributed by atoms with Gasteiger partial charge in [-0.15, -0.1) is 0 Å². The highest BCUT2D eigenvalue weighted by Gasteiger charge is 2.21. The fourth-order valence-electron chi connectivity index (χ4n) is 3.61. The van der Waals surface area contributed by atoms with Gasteiger partial charge in [0.2, 0.25) is 5.91 Å². The minimum Gasteiger partial charge on any atom is -0.353 e. The van der Waals surface area contributed by atoms with Crippen molar-refractivity contribution in [2.75, 3.05) is 37.6 Å². The van der Waals surface area contributed by atoms with Gasteiger partial charge < -0.3 is 15.1 Å². The third-order valence-electron chi connectivity index (χ3n) is 5.30. The van der Waals surface area contributed by atoms with Crippen molar-refractivity contribution in [2.24, 2.45) is 0 Å². The summed E-state index contributed by atoms with van der Waals surface area (Å²) >= 11 is 5.89. The number of carbonyl (C=O) groups is 2. The molecule has 0 unspecified atom stereocenters. The number of nitrogens with one attached hydrogen (secondary N) is 1. The zero-order valence-electron chi connectivity index (χ0n) is 16.6. The average Bonchev–Trinajstić information content (AvgIpc) is 2.79. The monoisotopic (exact) mass is 422 g/mol. The predicted octanol–water partition coefficient (Wildman–Crippen LogP) is 3.36. The molecule has 0 bridgehead atoms. The van der Waals surface area contributed by atoms with E-state index in [1.165, 1.54) is 0 Å². The summed E-state index contributed by atoms with van der Waals surface area (Å²) < 4.78 is 0. The van der Waals surface area contributed by atoms with Gasteiger partial charge in [-0.3, -0.25) is 9.59 Å². The average molecular weight is 423 g/mol. The van der Waals surface area contributed by atoms with E-state index in [0.717, 1.165) is 29.7 Å². The Morgan fingerprint density at radius 1 is 0.967 bits per heavy atom. The van der Waals surface area contributed by atoms with E-state index in [9.17, 15) is 9.59 Å². The molecule has 1 fully saturated rings. The van der Waals surface area contributed by atoms with Gasteiger partial charge in [-0.05, 0) is 35.0 Å². The van der Waals surface area contributed by atoms with Crippen molar-refractivity contribution in [1.29, 1.82) is 0 Å². The summed E-state index contributed by atoms with van der Waals surface area (Å²) in [5, 5.41) is 5.58. The molecule has 0 aliphatic carbocycles. The fraction of sp³-hybridized carbons (Fsp3) is 0.261. The Balaban J connectivity index is 1.23. The van der Waals surface area contributed by atoms with Crippen molar-refractivity contribution < 1.29 is 9.59 Å². The molecule has 154 valence electrons. The zero-order chi connectivity index (χ0) is 20.9. The number of aromatic nitrogens is 1. The third kappa shape index (κ3) is 4.71. The number of hydrogen-bond acceptors (Lipinski definition) is 4. The molecule has 1 aliphatic heterocycles. The number of anilines is 1.